The number of benzene rings is 2. The number of rotatable bonds is 6. The zero-order chi connectivity index (χ0) is 33.0. The number of aliphatic hydroxyl groups is 1. The van der Waals surface area contributed by atoms with Crippen LogP contribution in [0.15, 0.2) is 70.5 Å². The van der Waals surface area contributed by atoms with Crippen LogP contribution in [0.25, 0.3) is 27.7 Å². The normalized spacial score (nSPS) is 16.2. The molecule has 0 radical (unpaired) electrons. The minimum Gasteiger partial charge on any atom is -0.392 e. The van der Waals surface area contributed by atoms with Gasteiger partial charge in [0.25, 0.3) is 11.1 Å². The first-order valence-corrected chi connectivity index (χ1v) is 14.8. The highest BCUT2D eigenvalue weighted by molar-refractivity contribution is 5.83. The van der Waals surface area contributed by atoms with Gasteiger partial charge in [0, 0.05) is 35.3 Å². The number of halogens is 1. The van der Waals surface area contributed by atoms with Gasteiger partial charge in [-0.15, -0.1) is 0 Å². The third-order valence-electron chi connectivity index (χ3n) is 8.01. The van der Waals surface area contributed by atoms with Crippen LogP contribution in [0.4, 0.5) is 15.9 Å². The molecule has 2 aromatic carbocycles. The fraction of sp³-hybridized carbons (Fsp3) is 0.324. The molecule has 0 aliphatic carbocycles. The van der Waals surface area contributed by atoms with Crippen molar-refractivity contribution in [3.05, 3.63) is 104 Å². The molecule has 0 amide bonds. The van der Waals surface area contributed by atoms with Crippen LogP contribution in [0, 0.1) is 5.82 Å². The molecule has 5 aromatic rings. The van der Waals surface area contributed by atoms with Crippen LogP contribution in [0.1, 0.15) is 57.4 Å². The molecule has 6 rings (SSSR count). The molecule has 4 heterocycles. The number of hydrogen-bond donors (Lipinski definition) is 2. The third kappa shape index (κ3) is 5.82. The van der Waals surface area contributed by atoms with Crippen molar-refractivity contribution < 1.29 is 19.0 Å². The van der Waals surface area contributed by atoms with E-state index in [0.717, 1.165) is 15.8 Å². The van der Waals surface area contributed by atoms with Gasteiger partial charge in [-0.25, -0.2) is 14.1 Å². The van der Waals surface area contributed by atoms with Gasteiger partial charge in [0.15, 0.2) is 5.79 Å². The van der Waals surface area contributed by atoms with Gasteiger partial charge in [-0.1, -0.05) is 39.0 Å². The van der Waals surface area contributed by atoms with Crippen molar-refractivity contribution in [2.45, 2.75) is 58.5 Å². The number of nitrogens with zero attached hydrogens (tertiary/aromatic N) is 5. The van der Waals surface area contributed by atoms with E-state index in [-0.39, 0.29) is 28.3 Å². The number of hydrogen-bond acceptors (Lipinski definition) is 9. The maximum Gasteiger partial charge on any atom is 0.290 e. The fourth-order valence-corrected chi connectivity index (χ4v) is 5.51. The molecule has 3 aromatic heterocycles. The Morgan fingerprint density at radius 2 is 1.87 bits per heavy atom. The molecule has 1 aliphatic rings. The Labute approximate surface area is 264 Å². The first-order valence-electron chi connectivity index (χ1n) is 14.8. The topological polar surface area (TPSA) is 133 Å². The summed E-state index contributed by atoms with van der Waals surface area (Å²) in [6.07, 6.45) is 2.86. The zero-order valence-electron chi connectivity index (χ0n) is 26.5. The van der Waals surface area contributed by atoms with Crippen molar-refractivity contribution in [1.82, 2.24) is 24.5 Å². The van der Waals surface area contributed by atoms with Crippen molar-refractivity contribution in [2.75, 3.05) is 11.9 Å². The second kappa shape index (κ2) is 11.5. The summed E-state index contributed by atoms with van der Waals surface area (Å²) in [6, 6.07) is 13.3. The molecule has 0 unspecified atom stereocenters. The van der Waals surface area contributed by atoms with Crippen LogP contribution < -0.4 is 16.4 Å². The molecule has 0 saturated carbocycles. The van der Waals surface area contributed by atoms with Gasteiger partial charge in [-0.2, -0.15) is 14.9 Å². The molecule has 12 heteroatoms. The van der Waals surface area contributed by atoms with Gasteiger partial charge < -0.3 is 19.9 Å². The number of ether oxygens (including phenoxy) is 2. The minimum absolute atomic E-state index is 0.0988. The molecule has 1 fully saturated rings. The Kier molecular flexibility index (Phi) is 7.83. The zero-order valence-corrected chi connectivity index (χ0v) is 26.5. The molecule has 11 nitrogen and oxygen atoms in total. The monoisotopic (exact) mass is 626 g/mol. The smallest absolute Gasteiger partial charge is 0.290 e. The Bertz CT molecular complexity index is 2080. The number of fused-ring (bicyclic) bond motifs is 1. The number of anilines is 2. The summed E-state index contributed by atoms with van der Waals surface area (Å²) in [6.45, 7) is 9.52. The lowest BCUT2D eigenvalue weighted by Crippen LogP contribution is -2.24. The Hall–Kier alpha value is -4.78. The molecule has 1 aliphatic heterocycles. The van der Waals surface area contributed by atoms with E-state index >= 15 is 4.39 Å². The van der Waals surface area contributed by atoms with Crippen molar-refractivity contribution >= 4 is 22.3 Å². The predicted octanol–water partition coefficient (Wildman–Crippen LogP) is 5.04. The summed E-state index contributed by atoms with van der Waals surface area (Å²) in [7, 11) is 1.51. The van der Waals surface area contributed by atoms with Gasteiger partial charge in [0.1, 0.15) is 23.4 Å². The summed E-state index contributed by atoms with van der Waals surface area (Å²) in [5.74, 6) is -0.887. The number of aliphatic hydroxyl groups excluding tert-OH is 1. The van der Waals surface area contributed by atoms with Crippen LogP contribution in [0.5, 0.6) is 0 Å². The van der Waals surface area contributed by atoms with E-state index in [2.05, 4.69) is 20.5 Å². The summed E-state index contributed by atoms with van der Waals surface area (Å²) in [4.78, 5) is 31.1. The van der Waals surface area contributed by atoms with Crippen molar-refractivity contribution in [3.8, 4) is 16.9 Å². The molecule has 1 saturated heterocycles. The molecule has 0 bridgehead atoms. The standard InChI is InChI=1S/C34H35FN6O5/c1-33(2,3)21-12-20-16-37-41(32(44)30(20)24(35)13-21)27-9-7-8-22(23(27)17-42)25-14-26(31(43)40(6)39-25)38-29-11-10-19(15-36-29)28-18-45-34(4,5)46-28/h7-16,28,42H,17-18H2,1-6H3,(H,36,38)/t28-/m1/s1. The molecule has 2 N–H and O–H groups in total. The van der Waals surface area contributed by atoms with Gasteiger partial charge >= 0.3 is 0 Å². The maximum absolute atomic E-state index is 15.3. The van der Waals surface area contributed by atoms with Gasteiger partial charge in [-0.05, 0) is 55.2 Å². The van der Waals surface area contributed by atoms with Crippen molar-refractivity contribution in [1.29, 1.82) is 0 Å². The maximum atomic E-state index is 15.3. The lowest BCUT2D eigenvalue weighted by molar-refractivity contribution is -0.139. The second-order valence-electron chi connectivity index (χ2n) is 12.8. The SMILES string of the molecule is Cn1nc(-c2cccc(-n3ncc4cc(C(C)(C)C)cc(F)c4c3=O)c2CO)cc(Nc2ccc([C@H]3COC(C)(C)O3)cn2)c1=O. The minimum atomic E-state index is -0.670. The van der Waals surface area contributed by atoms with Crippen LogP contribution in [-0.4, -0.2) is 42.0 Å². The first kappa shape index (κ1) is 31.2. The molecule has 0 spiro atoms. The highest BCUT2D eigenvalue weighted by Crippen LogP contribution is 2.33. The average Bonchev–Trinajstić information content (AvgIpc) is 3.38. The molecule has 46 heavy (non-hydrogen) atoms. The van der Waals surface area contributed by atoms with Crippen LogP contribution in [-0.2, 0) is 28.5 Å². The van der Waals surface area contributed by atoms with E-state index in [1.54, 1.807) is 42.6 Å². The Morgan fingerprint density at radius 3 is 2.52 bits per heavy atom. The first-order chi connectivity index (χ1) is 21.8. The van der Waals surface area contributed by atoms with E-state index < -0.39 is 29.3 Å². The van der Waals surface area contributed by atoms with E-state index in [1.807, 2.05) is 40.7 Å². The fourth-order valence-electron chi connectivity index (χ4n) is 5.51. The third-order valence-corrected chi connectivity index (χ3v) is 8.01. The molecular weight excluding hydrogens is 591 g/mol. The second-order valence-corrected chi connectivity index (χ2v) is 12.8. The van der Waals surface area contributed by atoms with Gasteiger partial charge in [0.2, 0.25) is 0 Å². The molecule has 238 valence electrons. The Morgan fingerprint density at radius 1 is 1.09 bits per heavy atom. The van der Waals surface area contributed by atoms with Crippen LogP contribution in [0.2, 0.25) is 0 Å². The average molecular weight is 627 g/mol. The van der Waals surface area contributed by atoms with Crippen LogP contribution in [0.3, 0.4) is 0 Å². The summed E-state index contributed by atoms with van der Waals surface area (Å²) in [5, 5.41) is 22.6. The quantitative estimate of drug-likeness (QED) is 0.266. The lowest BCUT2D eigenvalue weighted by atomic mass is 9.86. The summed E-state index contributed by atoms with van der Waals surface area (Å²) in [5.41, 5.74) is 1.79. The lowest BCUT2D eigenvalue weighted by Gasteiger charge is -2.20. The largest absolute Gasteiger partial charge is 0.392 e. The molecular formula is C34H35FN6O5. The molecule has 1 atom stereocenters. The van der Waals surface area contributed by atoms with Crippen molar-refractivity contribution in [2.24, 2.45) is 7.05 Å². The number of pyridine rings is 1. The van der Waals surface area contributed by atoms with E-state index in [0.29, 0.717) is 34.6 Å². The predicted molar refractivity (Wildman–Crippen MR) is 172 cm³/mol. The Balaban J connectivity index is 1.37. The van der Waals surface area contributed by atoms with Crippen LogP contribution >= 0.6 is 0 Å². The number of aromatic nitrogens is 5. The summed E-state index contributed by atoms with van der Waals surface area (Å²) >= 11 is 0. The van der Waals surface area contributed by atoms with E-state index in [4.69, 9.17) is 9.47 Å². The van der Waals surface area contributed by atoms with Crippen molar-refractivity contribution in [3.63, 3.8) is 0 Å². The van der Waals surface area contributed by atoms with E-state index in [1.165, 1.54) is 24.0 Å². The summed E-state index contributed by atoms with van der Waals surface area (Å²) < 4.78 is 29.1. The highest BCUT2D eigenvalue weighted by Gasteiger charge is 2.33. The number of aryl methyl sites for hydroxylation is 1. The van der Waals surface area contributed by atoms with E-state index in [9.17, 15) is 14.7 Å². The van der Waals surface area contributed by atoms with Gasteiger partial charge in [0.05, 0.1) is 36.2 Å². The highest BCUT2D eigenvalue weighted by atomic mass is 19.1. The van der Waals surface area contributed by atoms with Gasteiger partial charge in [-0.3, -0.25) is 9.59 Å². The number of nitrogens with one attached hydrogen (secondary N) is 1.